The maximum absolute atomic E-state index is 12.3. The number of hydrogen-bond acceptors (Lipinski definition) is 3. The first-order valence-corrected chi connectivity index (χ1v) is 7.83. The van der Waals surface area contributed by atoms with E-state index in [-0.39, 0.29) is 22.1 Å². The summed E-state index contributed by atoms with van der Waals surface area (Å²) in [6.45, 7) is 1.88. The van der Waals surface area contributed by atoms with Gasteiger partial charge in [0.1, 0.15) is 0 Å². The van der Waals surface area contributed by atoms with Crippen molar-refractivity contribution in [2.45, 2.75) is 11.8 Å². The Kier molecular flexibility index (Phi) is 4.28. The van der Waals surface area contributed by atoms with E-state index >= 15 is 0 Å². The molecule has 110 valence electrons. The van der Waals surface area contributed by atoms with Gasteiger partial charge in [0.25, 0.3) is 15.9 Å². The van der Waals surface area contributed by atoms with Crippen molar-refractivity contribution in [3.63, 3.8) is 0 Å². The fraction of sp³-hybridized carbons (Fsp3) is 0.133. The first-order chi connectivity index (χ1) is 9.94. The Bertz CT molecular complexity index is 753. The zero-order valence-electron chi connectivity index (χ0n) is 11.8. The summed E-state index contributed by atoms with van der Waals surface area (Å²) < 4.78 is 27.1. The van der Waals surface area contributed by atoms with E-state index in [9.17, 15) is 13.2 Å². The third-order valence-electron chi connectivity index (χ3n) is 2.97. The van der Waals surface area contributed by atoms with Crippen LogP contribution in [0.2, 0.25) is 0 Å². The smallest absolute Gasteiger partial charge is 0.261 e. The molecule has 2 aromatic rings. The molecule has 6 heteroatoms. The summed E-state index contributed by atoms with van der Waals surface area (Å²) >= 11 is 0. The largest absolute Gasteiger partial charge is 0.355 e. The van der Waals surface area contributed by atoms with Crippen LogP contribution in [0.3, 0.4) is 0 Å². The number of para-hydroxylation sites is 1. The lowest BCUT2D eigenvalue weighted by Gasteiger charge is -2.12. The Labute approximate surface area is 124 Å². The number of carbonyl (C=O) groups excluding carboxylic acids is 1. The Balaban J connectivity index is 2.37. The molecule has 21 heavy (non-hydrogen) atoms. The summed E-state index contributed by atoms with van der Waals surface area (Å²) in [6, 6.07) is 13.0. The van der Waals surface area contributed by atoms with E-state index in [4.69, 9.17) is 0 Å². The molecule has 0 spiro atoms. The molecule has 0 aliphatic rings. The van der Waals surface area contributed by atoms with Gasteiger partial charge in [-0.05, 0) is 31.2 Å². The van der Waals surface area contributed by atoms with Crippen LogP contribution in [0.1, 0.15) is 15.9 Å². The maximum Gasteiger partial charge on any atom is 0.261 e. The molecular weight excluding hydrogens is 288 g/mol. The minimum absolute atomic E-state index is 0.153. The Morgan fingerprint density at radius 3 is 2.24 bits per heavy atom. The molecule has 0 radical (unpaired) electrons. The molecule has 5 nitrogen and oxygen atoms in total. The van der Waals surface area contributed by atoms with Gasteiger partial charge in [-0.15, -0.1) is 0 Å². The summed E-state index contributed by atoms with van der Waals surface area (Å²) in [5.41, 5.74) is 1.49. The molecule has 0 aromatic heterocycles. The second-order valence-electron chi connectivity index (χ2n) is 4.54. The molecule has 0 heterocycles. The second-order valence-corrected chi connectivity index (χ2v) is 6.23. The summed E-state index contributed by atoms with van der Waals surface area (Å²) in [6.07, 6.45) is 0. The van der Waals surface area contributed by atoms with Crippen molar-refractivity contribution < 1.29 is 13.2 Å². The van der Waals surface area contributed by atoms with Crippen LogP contribution < -0.4 is 10.0 Å². The number of benzene rings is 2. The lowest BCUT2D eigenvalue weighted by molar-refractivity contribution is 0.0964. The molecular formula is C15H16N2O3S. The molecule has 0 saturated heterocycles. The number of anilines is 1. The van der Waals surface area contributed by atoms with Gasteiger partial charge in [0.05, 0.1) is 16.1 Å². The highest BCUT2D eigenvalue weighted by molar-refractivity contribution is 7.92. The summed E-state index contributed by atoms with van der Waals surface area (Å²) in [7, 11) is -2.23. The number of aryl methyl sites for hydroxylation is 1. The molecule has 0 saturated carbocycles. The number of nitrogens with one attached hydrogen (secondary N) is 2. The third kappa shape index (κ3) is 3.41. The van der Waals surface area contributed by atoms with Crippen LogP contribution in [0.15, 0.2) is 53.4 Å². The van der Waals surface area contributed by atoms with Crippen molar-refractivity contribution in [2.75, 3.05) is 11.8 Å². The Morgan fingerprint density at radius 2 is 1.62 bits per heavy atom. The molecule has 0 aliphatic carbocycles. The first kappa shape index (κ1) is 15.1. The summed E-state index contributed by atoms with van der Waals surface area (Å²) in [5.74, 6) is -0.350. The van der Waals surface area contributed by atoms with Crippen LogP contribution in [0.5, 0.6) is 0 Å². The lowest BCUT2D eigenvalue weighted by Crippen LogP contribution is -2.21. The summed E-state index contributed by atoms with van der Waals surface area (Å²) in [5, 5.41) is 2.48. The molecule has 2 N–H and O–H groups in total. The van der Waals surface area contributed by atoms with Crippen molar-refractivity contribution in [2.24, 2.45) is 0 Å². The highest BCUT2D eigenvalue weighted by Crippen LogP contribution is 2.20. The van der Waals surface area contributed by atoms with E-state index < -0.39 is 10.0 Å². The molecule has 1 amide bonds. The van der Waals surface area contributed by atoms with Crippen molar-refractivity contribution in [3.8, 4) is 0 Å². The number of hydrogen-bond donors (Lipinski definition) is 2. The van der Waals surface area contributed by atoms with E-state index in [0.717, 1.165) is 5.56 Å². The van der Waals surface area contributed by atoms with Gasteiger partial charge in [0, 0.05) is 7.05 Å². The van der Waals surface area contributed by atoms with E-state index in [1.54, 1.807) is 36.4 Å². The van der Waals surface area contributed by atoms with E-state index in [1.807, 2.05) is 6.92 Å². The first-order valence-electron chi connectivity index (χ1n) is 6.34. The van der Waals surface area contributed by atoms with Gasteiger partial charge >= 0.3 is 0 Å². The van der Waals surface area contributed by atoms with Crippen molar-refractivity contribution in [1.29, 1.82) is 0 Å². The molecule has 0 aliphatic heterocycles. The van der Waals surface area contributed by atoms with Crippen LogP contribution in [0, 0.1) is 6.92 Å². The highest BCUT2D eigenvalue weighted by atomic mass is 32.2. The monoisotopic (exact) mass is 304 g/mol. The SMILES string of the molecule is CNC(=O)c1ccccc1NS(=O)(=O)c1ccc(C)cc1. The highest BCUT2D eigenvalue weighted by Gasteiger charge is 2.17. The summed E-state index contributed by atoms with van der Waals surface area (Å²) in [4.78, 5) is 11.9. The third-order valence-corrected chi connectivity index (χ3v) is 4.36. The average Bonchev–Trinajstić information content (AvgIpc) is 2.47. The van der Waals surface area contributed by atoms with Gasteiger partial charge in [-0.25, -0.2) is 8.42 Å². The van der Waals surface area contributed by atoms with Gasteiger partial charge in [-0.3, -0.25) is 9.52 Å². The van der Waals surface area contributed by atoms with Gasteiger partial charge in [0.15, 0.2) is 0 Å². The topological polar surface area (TPSA) is 75.3 Å². The molecule has 0 atom stereocenters. The minimum Gasteiger partial charge on any atom is -0.355 e. The Morgan fingerprint density at radius 1 is 1.00 bits per heavy atom. The minimum atomic E-state index is -3.72. The van der Waals surface area contributed by atoms with Crippen LogP contribution in [-0.4, -0.2) is 21.4 Å². The normalized spacial score (nSPS) is 11.0. The number of carbonyl (C=O) groups is 1. The van der Waals surface area contributed by atoms with Crippen molar-refractivity contribution in [1.82, 2.24) is 5.32 Å². The fourth-order valence-electron chi connectivity index (χ4n) is 1.83. The quantitative estimate of drug-likeness (QED) is 0.909. The van der Waals surface area contributed by atoms with Gasteiger partial charge < -0.3 is 5.32 Å². The van der Waals surface area contributed by atoms with Gasteiger partial charge in [-0.2, -0.15) is 0 Å². The lowest BCUT2D eigenvalue weighted by atomic mass is 10.2. The Hall–Kier alpha value is -2.34. The zero-order valence-corrected chi connectivity index (χ0v) is 12.6. The molecule has 0 fully saturated rings. The standard InChI is InChI=1S/C15H16N2O3S/c1-11-7-9-12(10-8-11)21(19,20)17-14-6-4-3-5-13(14)15(18)16-2/h3-10,17H,1-2H3,(H,16,18). The van der Waals surface area contributed by atoms with Crippen LogP contribution in [-0.2, 0) is 10.0 Å². The fourth-order valence-corrected chi connectivity index (χ4v) is 2.91. The van der Waals surface area contributed by atoms with E-state index in [0.29, 0.717) is 0 Å². The van der Waals surface area contributed by atoms with Crippen LogP contribution in [0.4, 0.5) is 5.69 Å². The molecule has 2 rings (SSSR count). The predicted octanol–water partition coefficient (Wildman–Crippen LogP) is 2.16. The number of sulfonamides is 1. The van der Waals surface area contributed by atoms with Gasteiger partial charge in [0.2, 0.25) is 0 Å². The maximum atomic E-state index is 12.3. The van der Waals surface area contributed by atoms with Crippen molar-refractivity contribution >= 4 is 21.6 Å². The van der Waals surface area contributed by atoms with Gasteiger partial charge in [-0.1, -0.05) is 29.8 Å². The second kappa shape index (κ2) is 5.97. The van der Waals surface area contributed by atoms with E-state index in [2.05, 4.69) is 10.0 Å². The van der Waals surface area contributed by atoms with Crippen LogP contribution in [0.25, 0.3) is 0 Å². The molecule has 0 bridgehead atoms. The van der Waals surface area contributed by atoms with Crippen molar-refractivity contribution in [3.05, 3.63) is 59.7 Å². The number of rotatable bonds is 4. The zero-order chi connectivity index (χ0) is 15.5. The molecule has 0 unspecified atom stereocenters. The number of amides is 1. The van der Waals surface area contributed by atoms with Crippen LogP contribution >= 0.6 is 0 Å². The predicted molar refractivity (Wildman–Crippen MR) is 81.8 cm³/mol. The average molecular weight is 304 g/mol. The molecule has 2 aromatic carbocycles. The van der Waals surface area contributed by atoms with E-state index in [1.165, 1.54) is 19.2 Å².